The van der Waals surface area contributed by atoms with Crippen LogP contribution in [0.5, 0.6) is 11.5 Å². The molecule has 1 aromatic heterocycles. The number of ether oxygens (including phenoxy) is 2. The summed E-state index contributed by atoms with van der Waals surface area (Å²) in [5.74, 6) is 0.730. The van der Waals surface area contributed by atoms with Gasteiger partial charge in [0.25, 0.3) is 21.8 Å². The van der Waals surface area contributed by atoms with Crippen LogP contribution in [-0.4, -0.2) is 63.0 Å². The van der Waals surface area contributed by atoms with Crippen molar-refractivity contribution in [2.75, 3.05) is 37.7 Å². The van der Waals surface area contributed by atoms with Gasteiger partial charge >= 0.3 is 0 Å². The predicted molar refractivity (Wildman–Crippen MR) is 120 cm³/mol. The first kappa shape index (κ1) is 21.8. The van der Waals surface area contributed by atoms with Crippen LogP contribution in [-0.2, 0) is 10.0 Å². The van der Waals surface area contributed by atoms with Crippen LogP contribution < -0.4 is 14.2 Å². The number of amides is 2. The maximum atomic E-state index is 13.0. The number of carbonyl (C=O) groups excluding carboxylic acids is 2. The molecule has 3 heterocycles. The van der Waals surface area contributed by atoms with Crippen LogP contribution >= 0.6 is 0 Å². The second kappa shape index (κ2) is 8.75. The van der Waals surface area contributed by atoms with E-state index in [-0.39, 0.29) is 34.8 Å². The van der Waals surface area contributed by atoms with Gasteiger partial charge < -0.3 is 23.7 Å². The van der Waals surface area contributed by atoms with E-state index in [0.29, 0.717) is 43.4 Å². The van der Waals surface area contributed by atoms with Crippen molar-refractivity contribution in [3.05, 3.63) is 72.2 Å². The highest BCUT2D eigenvalue weighted by Crippen LogP contribution is 2.34. The first-order valence-corrected chi connectivity index (χ1v) is 12.0. The second-order valence-corrected chi connectivity index (χ2v) is 9.45. The Kier molecular flexibility index (Phi) is 5.62. The van der Waals surface area contributed by atoms with Crippen LogP contribution in [0.25, 0.3) is 0 Å². The molecular formula is C23H21N3O7S. The number of anilines is 1. The van der Waals surface area contributed by atoms with E-state index >= 15 is 0 Å². The molecule has 1 saturated heterocycles. The van der Waals surface area contributed by atoms with Crippen molar-refractivity contribution in [2.45, 2.75) is 4.90 Å². The molecule has 2 amide bonds. The quantitative estimate of drug-likeness (QED) is 0.592. The molecule has 2 aromatic carbocycles. The number of rotatable bonds is 5. The fraction of sp³-hybridized carbons (Fsp3) is 0.217. The van der Waals surface area contributed by atoms with Crippen molar-refractivity contribution in [3.8, 4) is 11.5 Å². The third kappa shape index (κ3) is 4.29. The molecule has 0 saturated carbocycles. The Morgan fingerprint density at radius 2 is 1.56 bits per heavy atom. The van der Waals surface area contributed by atoms with E-state index in [1.54, 1.807) is 46.2 Å². The highest BCUT2D eigenvalue weighted by Gasteiger charge is 2.27. The summed E-state index contributed by atoms with van der Waals surface area (Å²) in [5.41, 5.74) is 0.567. The van der Waals surface area contributed by atoms with Crippen molar-refractivity contribution in [3.63, 3.8) is 0 Å². The van der Waals surface area contributed by atoms with Crippen molar-refractivity contribution in [1.82, 2.24) is 9.80 Å². The van der Waals surface area contributed by atoms with E-state index in [4.69, 9.17) is 13.9 Å². The van der Waals surface area contributed by atoms with Crippen LogP contribution in [0.2, 0.25) is 0 Å². The monoisotopic (exact) mass is 483 g/mol. The van der Waals surface area contributed by atoms with Gasteiger partial charge in [-0.25, -0.2) is 8.42 Å². The summed E-state index contributed by atoms with van der Waals surface area (Å²) in [4.78, 5) is 28.6. The highest BCUT2D eigenvalue weighted by molar-refractivity contribution is 7.92. The van der Waals surface area contributed by atoms with Crippen LogP contribution in [0.15, 0.2) is 70.2 Å². The molecule has 0 atom stereocenters. The first-order valence-electron chi connectivity index (χ1n) is 10.6. The average molecular weight is 484 g/mol. The molecule has 3 aromatic rings. The van der Waals surface area contributed by atoms with Gasteiger partial charge in [-0.05, 0) is 42.5 Å². The molecule has 0 spiro atoms. The van der Waals surface area contributed by atoms with Gasteiger partial charge in [-0.3, -0.25) is 14.3 Å². The lowest BCUT2D eigenvalue weighted by molar-refractivity contribution is 0.0518. The van der Waals surface area contributed by atoms with Crippen molar-refractivity contribution in [1.29, 1.82) is 0 Å². The first-order chi connectivity index (χ1) is 16.4. The molecular weight excluding hydrogens is 462 g/mol. The molecule has 2 aliphatic heterocycles. The standard InChI is InChI=1S/C23H21N3O7S/c27-22(25-8-10-26(11-9-25)23(28)20-5-2-12-31-20)16-3-1-4-18(13-16)34(29,30)24-17-6-7-19-21(14-17)33-15-32-19/h1-7,12-14,24H,8-11,15H2. The molecule has 0 radical (unpaired) electrons. The van der Waals surface area contributed by atoms with E-state index < -0.39 is 10.0 Å². The zero-order chi connectivity index (χ0) is 23.7. The summed E-state index contributed by atoms with van der Waals surface area (Å²) in [6, 6.07) is 13.8. The zero-order valence-corrected chi connectivity index (χ0v) is 18.8. The number of fused-ring (bicyclic) bond motifs is 1. The number of hydrogen-bond acceptors (Lipinski definition) is 7. The van der Waals surface area contributed by atoms with Gasteiger partial charge in [0.15, 0.2) is 17.3 Å². The summed E-state index contributed by atoms with van der Waals surface area (Å²) < 4.78 is 44.0. The van der Waals surface area contributed by atoms with Crippen molar-refractivity contribution < 1.29 is 31.9 Å². The Morgan fingerprint density at radius 3 is 2.29 bits per heavy atom. The van der Waals surface area contributed by atoms with Crippen molar-refractivity contribution in [2.24, 2.45) is 0 Å². The molecule has 11 heteroatoms. The number of furan rings is 1. The normalized spacial score (nSPS) is 15.3. The van der Waals surface area contributed by atoms with Crippen molar-refractivity contribution >= 4 is 27.5 Å². The van der Waals surface area contributed by atoms with Crippen LogP contribution in [0.4, 0.5) is 5.69 Å². The Balaban J connectivity index is 1.26. The molecule has 1 N–H and O–H groups in total. The zero-order valence-electron chi connectivity index (χ0n) is 18.0. The number of sulfonamides is 1. The number of piperazine rings is 1. The third-order valence-electron chi connectivity index (χ3n) is 5.60. The Hall–Kier alpha value is -3.99. The fourth-order valence-electron chi connectivity index (χ4n) is 3.82. The average Bonchev–Trinajstić information content (AvgIpc) is 3.55. The van der Waals surface area contributed by atoms with Gasteiger partial charge in [-0.15, -0.1) is 0 Å². The van der Waals surface area contributed by atoms with Crippen LogP contribution in [0.3, 0.4) is 0 Å². The molecule has 34 heavy (non-hydrogen) atoms. The van der Waals surface area contributed by atoms with Gasteiger partial charge in [0.2, 0.25) is 6.79 Å². The van der Waals surface area contributed by atoms with Gasteiger partial charge in [0.05, 0.1) is 16.8 Å². The topological polar surface area (TPSA) is 118 Å². The lowest BCUT2D eigenvalue weighted by Gasteiger charge is -2.34. The lowest BCUT2D eigenvalue weighted by atomic mass is 10.2. The summed E-state index contributed by atoms with van der Waals surface area (Å²) in [7, 11) is -3.94. The summed E-state index contributed by atoms with van der Waals surface area (Å²) in [6.45, 7) is 1.46. The number of nitrogens with zero attached hydrogens (tertiary/aromatic N) is 2. The van der Waals surface area contributed by atoms with E-state index in [1.807, 2.05) is 0 Å². The maximum absolute atomic E-state index is 13.0. The largest absolute Gasteiger partial charge is 0.459 e. The third-order valence-corrected chi connectivity index (χ3v) is 6.98. The summed E-state index contributed by atoms with van der Waals surface area (Å²) >= 11 is 0. The second-order valence-electron chi connectivity index (χ2n) is 7.76. The highest BCUT2D eigenvalue weighted by atomic mass is 32.2. The number of nitrogens with one attached hydrogen (secondary N) is 1. The molecule has 0 bridgehead atoms. The van der Waals surface area contributed by atoms with Gasteiger partial charge in [-0.2, -0.15) is 0 Å². The smallest absolute Gasteiger partial charge is 0.289 e. The Labute approximate surface area is 195 Å². The van der Waals surface area contributed by atoms with E-state index in [9.17, 15) is 18.0 Å². The molecule has 176 valence electrons. The minimum Gasteiger partial charge on any atom is -0.459 e. The predicted octanol–water partition coefficient (Wildman–Crippen LogP) is 2.41. The summed E-state index contributed by atoms with van der Waals surface area (Å²) in [6.07, 6.45) is 1.44. The van der Waals surface area contributed by atoms with Crippen LogP contribution in [0, 0.1) is 0 Å². The minimum atomic E-state index is -3.94. The number of hydrogen-bond donors (Lipinski definition) is 1. The van der Waals surface area contributed by atoms with Gasteiger partial charge in [0.1, 0.15) is 0 Å². The van der Waals surface area contributed by atoms with Crippen LogP contribution in [0.1, 0.15) is 20.9 Å². The van der Waals surface area contributed by atoms with Gasteiger partial charge in [0, 0.05) is 37.8 Å². The SMILES string of the molecule is O=C(c1cccc(S(=O)(=O)Nc2ccc3c(c2)OCO3)c1)N1CCN(C(=O)c2ccco2)CC1. The Bertz CT molecular complexity index is 1330. The minimum absolute atomic E-state index is 0.0392. The number of benzene rings is 2. The van der Waals surface area contributed by atoms with E-state index in [2.05, 4.69) is 4.72 Å². The number of carbonyl (C=O) groups is 2. The molecule has 1 fully saturated rings. The molecule has 5 rings (SSSR count). The molecule has 2 aliphatic rings. The summed E-state index contributed by atoms with van der Waals surface area (Å²) in [5, 5.41) is 0. The molecule has 10 nitrogen and oxygen atoms in total. The lowest BCUT2D eigenvalue weighted by Crippen LogP contribution is -2.50. The molecule has 0 aliphatic carbocycles. The fourth-order valence-corrected chi connectivity index (χ4v) is 4.92. The Morgan fingerprint density at radius 1 is 0.824 bits per heavy atom. The maximum Gasteiger partial charge on any atom is 0.289 e. The van der Waals surface area contributed by atoms with Gasteiger partial charge in [-0.1, -0.05) is 6.07 Å². The molecule has 0 unspecified atom stereocenters. The van der Waals surface area contributed by atoms with E-state index in [0.717, 1.165) is 0 Å². The van der Waals surface area contributed by atoms with E-state index in [1.165, 1.54) is 24.5 Å².